The zero-order valence-electron chi connectivity index (χ0n) is 20.7. The summed E-state index contributed by atoms with van der Waals surface area (Å²) in [5, 5.41) is 5.43. The second-order valence-electron chi connectivity index (χ2n) is 8.03. The molecule has 200 valence electrons. The van der Waals surface area contributed by atoms with Crippen molar-refractivity contribution in [3.8, 4) is 5.75 Å². The summed E-state index contributed by atoms with van der Waals surface area (Å²) >= 11 is 0. The van der Waals surface area contributed by atoms with Crippen molar-refractivity contribution in [2.75, 3.05) is 25.3 Å². The molecule has 1 aromatic carbocycles. The maximum atomic E-state index is 13.7. The van der Waals surface area contributed by atoms with Crippen LogP contribution in [0.15, 0.2) is 41.5 Å². The van der Waals surface area contributed by atoms with Crippen LogP contribution in [-0.2, 0) is 30.2 Å². The largest absolute Gasteiger partial charge is 0.465 e. The fourth-order valence-electron chi connectivity index (χ4n) is 3.29. The number of carbonyl (C=O) groups excluding carboxylic acids is 2. The van der Waals surface area contributed by atoms with Crippen molar-refractivity contribution < 1.29 is 28.4 Å². The summed E-state index contributed by atoms with van der Waals surface area (Å²) in [6.45, 7) is 5.04. The van der Waals surface area contributed by atoms with Crippen molar-refractivity contribution in [1.29, 1.82) is 0 Å². The number of esters is 2. The van der Waals surface area contributed by atoms with E-state index in [-0.39, 0.29) is 43.2 Å². The molecular weight excluding hydrogens is 505 g/mol. The summed E-state index contributed by atoms with van der Waals surface area (Å²) in [5.41, 5.74) is 5.54. The number of anilines is 1. The number of nitrogen functional groups attached to an aromatic ring is 1. The van der Waals surface area contributed by atoms with Crippen molar-refractivity contribution in [3.05, 3.63) is 47.0 Å². The van der Waals surface area contributed by atoms with E-state index in [1.54, 1.807) is 41.8 Å². The van der Waals surface area contributed by atoms with E-state index in [2.05, 4.69) is 25.1 Å². The number of hydrogen-bond donors (Lipinski definition) is 4. The normalized spacial score (nSPS) is 14.6. The molecule has 15 heteroatoms. The molecule has 3 rings (SSSR count). The predicted molar refractivity (Wildman–Crippen MR) is 135 cm³/mol. The molecule has 2 heterocycles. The zero-order valence-corrected chi connectivity index (χ0v) is 21.6. The number of ether oxygens (including phenoxy) is 3. The summed E-state index contributed by atoms with van der Waals surface area (Å²) in [6, 6.07) is 6.48. The summed E-state index contributed by atoms with van der Waals surface area (Å²) in [4.78, 5) is 47.1. The van der Waals surface area contributed by atoms with Gasteiger partial charge in [0, 0.05) is 6.54 Å². The first kappa shape index (κ1) is 28.0. The molecule has 3 atom stereocenters. The summed E-state index contributed by atoms with van der Waals surface area (Å²) in [6.07, 6.45) is 1.04. The van der Waals surface area contributed by atoms with E-state index >= 15 is 0 Å². The number of nitrogens with one attached hydrogen (secondary N) is 3. The number of hydrogen-bond acceptors (Lipinski definition) is 10. The molecule has 0 aliphatic carbocycles. The maximum Gasteiger partial charge on any atom is 0.328 e. The van der Waals surface area contributed by atoms with Crippen LogP contribution in [0.5, 0.6) is 5.75 Å². The van der Waals surface area contributed by atoms with Gasteiger partial charge in [-0.3, -0.25) is 19.1 Å². The molecule has 0 saturated carbocycles. The van der Waals surface area contributed by atoms with Gasteiger partial charge in [-0.25, -0.2) is 20.0 Å². The van der Waals surface area contributed by atoms with E-state index in [9.17, 15) is 18.9 Å². The van der Waals surface area contributed by atoms with E-state index in [0.717, 1.165) is 0 Å². The van der Waals surface area contributed by atoms with Gasteiger partial charge >= 0.3 is 11.9 Å². The molecule has 0 bridgehead atoms. The lowest BCUT2D eigenvalue weighted by Gasteiger charge is -2.26. The van der Waals surface area contributed by atoms with Gasteiger partial charge in [-0.15, -0.1) is 0 Å². The van der Waals surface area contributed by atoms with Gasteiger partial charge in [0.25, 0.3) is 5.56 Å². The van der Waals surface area contributed by atoms with E-state index in [4.69, 9.17) is 19.9 Å². The fraction of sp³-hybridized carbons (Fsp3) is 0.409. The topological polar surface area (TPSA) is 193 Å². The monoisotopic (exact) mass is 535 g/mol. The van der Waals surface area contributed by atoms with E-state index in [0.29, 0.717) is 5.75 Å². The molecule has 3 aromatic rings. The lowest BCUT2D eigenvalue weighted by Crippen LogP contribution is -2.43. The van der Waals surface area contributed by atoms with Gasteiger partial charge in [-0.2, -0.15) is 4.98 Å². The number of H-pyrrole nitrogens is 1. The SMILES string of the molecule is CCOC(=O)[C@H](C)NP(=O)(COCCn1cnc2c(=O)[nH]c(N)nc21)N[C@@H](C)C(=O)Oc1ccccc1. The number of aromatic nitrogens is 4. The number of fused-ring (bicyclic) bond motifs is 1. The number of aromatic amines is 1. The lowest BCUT2D eigenvalue weighted by molar-refractivity contribution is -0.144. The molecule has 0 saturated heterocycles. The van der Waals surface area contributed by atoms with E-state index < -0.39 is 37.0 Å². The van der Waals surface area contributed by atoms with Crippen LogP contribution in [0.4, 0.5) is 5.95 Å². The Hall–Kier alpha value is -3.58. The Labute approximate surface area is 212 Å². The minimum atomic E-state index is -3.68. The highest BCUT2D eigenvalue weighted by molar-refractivity contribution is 7.59. The van der Waals surface area contributed by atoms with Crippen molar-refractivity contribution >= 4 is 36.5 Å². The number of carbonyl (C=O) groups is 2. The first-order valence-corrected chi connectivity index (χ1v) is 13.4. The van der Waals surface area contributed by atoms with E-state index in [1.807, 2.05) is 0 Å². The Morgan fingerprint density at radius 1 is 1.16 bits per heavy atom. The minimum Gasteiger partial charge on any atom is -0.465 e. The lowest BCUT2D eigenvalue weighted by atomic mass is 10.3. The Balaban J connectivity index is 1.66. The van der Waals surface area contributed by atoms with E-state index in [1.165, 1.54) is 20.2 Å². The van der Waals surface area contributed by atoms with Crippen LogP contribution in [0.25, 0.3) is 11.2 Å². The van der Waals surface area contributed by atoms with Crippen molar-refractivity contribution in [2.45, 2.75) is 39.4 Å². The zero-order chi connectivity index (χ0) is 27.0. The van der Waals surface area contributed by atoms with Crippen LogP contribution in [0.2, 0.25) is 0 Å². The van der Waals surface area contributed by atoms with Crippen LogP contribution in [0, 0.1) is 0 Å². The fourth-order valence-corrected chi connectivity index (χ4v) is 5.37. The molecule has 5 N–H and O–H groups in total. The Kier molecular flexibility index (Phi) is 9.53. The maximum absolute atomic E-state index is 13.7. The minimum absolute atomic E-state index is 0.0455. The Bertz CT molecular complexity index is 1330. The van der Waals surface area contributed by atoms with Crippen LogP contribution in [0.1, 0.15) is 20.8 Å². The number of imidazole rings is 1. The van der Waals surface area contributed by atoms with Crippen molar-refractivity contribution in [1.82, 2.24) is 29.7 Å². The molecule has 2 aromatic heterocycles. The smallest absolute Gasteiger partial charge is 0.328 e. The highest BCUT2D eigenvalue weighted by atomic mass is 31.2. The average Bonchev–Trinajstić information content (AvgIpc) is 3.25. The van der Waals surface area contributed by atoms with Gasteiger partial charge in [-0.05, 0) is 32.9 Å². The molecule has 0 aliphatic rings. The van der Waals surface area contributed by atoms with Gasteiger partial charge in [0.15, 0.2) is 11.2 Å². The third-order valence-electron chi connectivity index (χ3n) is 5.00. The van der Waals surface area contributed by atoms with Gasteiger partial charge in [0.1, 0.15) is 24.2 Å². The molecule has 0 aliphatic heterocycles. The highest BCUT2D eigenvalue weighted by Gasteiger charge is 2.32. The van der Waals surface area contributed by atoms with Crippen LogP contribution < -0.4 is 26.2 Å². The number of nitrogens with two attached hydrogens (primary N) is 1. The molecule has 37 heavy (non-hydrogen) atoms. The quantitative estimate of drug-likeness (QED) is 0.105. The van der Waals surface area contributed by atoms with Gasteiger partial charge in [0.05, 0.1) is 19.5 Å². The van der Waals surface area contributed by atoms with Crippen molar-refractivity contribution in [2.24, 2.45) is 0 Å². The number of nitrogens with zero attached hydrogens (tertiary/aromatic N) is 3. The molecule has 14 nitrogen and oxygen atoms in total. The molecular formula is C22H30N7O7P. The van der Waals surface area contributed by atoms with Crippen molar-refractivity contribution in [3.63, 3.8) is 0 Å². The van der Waals surface area contributed by atoms with Crippen LogP contribution >= 0.6 is 7.44 Å². The molecule has 1 unspecified atom stereocenters. The molecule has 0 spiro atoms. The second kappa shape index (κ2) is 12.6. The third kappa shape index (κ3) is 7.70. The third-order valence-corrected chi connectivity index (χ3v) is 7.16. The molecule has 0 fully saturated rings. The highest BCUT2D eigenvalue weighted by Crippen LogP contribution is 2.37. The van der Waals surface area contributed by atoms with Gasteiger partial charge < -0.3 is 24.5 Å². The number of benzene rings is 1. The van der Waals surface area contributed by atoms with Crippen LogP contribution in [0.3, 0.4) is 0 Å². The van der Waals surface area contributed by atoms with Gasteiger partial charge in [0.2, 0.25) is 13.4 Å². The summed E-state index contributed by atoms with van der Waals surface area (Å²) in [7, 11) is -3.68. The molecule has 0 radical (unpaired) electrons. The predicted octanol–water partition coefficient (Wildman–Crippen LogP) is 0.994. The second-order valence-corrected chi connectivity index (χ2v) is 10.3. The van der Waals surface area contributed by atoms with Gasteiger partial charge in [-0.1, -0.05) is 18.2 Å². The first-order valence-electron chi connectivity index (χ1n) is 11.5. The number of rotatable bonds is 13. The average molecular weight is 535 g/mol. The standard InChI is InChI=1S/C22H30N7O7P/c1-4-35-20(31)14(2)27-37(33,28-15(3)21(32)36-16-8-6-5-7-9-16)13-34-11-10-29-12-24-17-18(29)25-22(23)26-19(17)30/h5-9,12,14-15H,4,10-11,13H2,1-3H3,(H2,27,28,33)(H3,23,25,26,30)/t14-,15-,37?/m0/s1. The Morgan fingerprint density at radius 2 is 1.84 bits per heavy atom. The Morgan fingerprint density at radius 3 is 2.51 bits per heavy atom. The molecule has 0 amide bonds. The van der Waals surface area contributed by atoms with Crippen LogP contribution in [-0.4, -0.2) is 63.1 Å². The first-order chi connectivity index (χ1) is 17.6. The summed E-state index contributed by atoms with van der Waals surface area (Å²) < 4.78 is 31.2. The number of para-hydroxylation sites is 1. The summed E-state index contributed by atoms with van der Waals surface area (Å²) in [5.74, 6) is -0.998.